The Balaban J connectivity index is 2.11. The Morgan fingerprint density at radius 1 is 1.33 bits per heavy atom. The standard InChI is InChI=1S/C16H23N3O2/c1-2-14-11-18(12-15(17)20)9-8-16(21)19(14)10-13-6-4-3-5-7-13/h3-7,14H,2,8-12H2,1H3,(H2,17,20). The predicted octanol–water partition coefficient (Wildman–Crippen LogP) is 0.985. The fourth-order valence-electron chi connectivity index (χ4n) is 2.80. The number of hydrogen-bond donors (Lipinski definition) is 1. The van der Waals surface area contributed by atoms with Gasteiger partial charge in [-0.05, 0) is 12.0 Å². The summed E-state index contributed by atoms with van der Waals surface area (Å²) in [7, 11) is 0. The van der Waals surface area contributed by atoms with Crippen molar-refractivity contribution in [1.82, 2.24) is 9.80 Å². The second-order valence-corrected chi connectivity index (χ2v) is 5.52. The van der Waals surface area contributed by atoms with E-state index in [0.717, 1.165) is 12.0 Å². The molecule has 0 aromatic heterocycles. The van der Waals surface area contributed by atoms with E-state index in [2.05, 4.69) is 6.92 Å². The minimum Gasteiger partial charge on any atom is -0.369 e. The fourth-order valence-corrected chi connectivity index (χ4v) is 2.80. The zero-order valence-corrected chi connectivity index (χ0v) is 12.5. The Bertz CT molecular complexity index is 490. The molecule has 2 rings (SSSR count). The smallest absolute Gasteiger partial charge is 0.231 e. The molecule has 1 aromatic carbocycles. The van der Waals surface area contributed by atoms with Crippen molar-refractivity contribution in [2.24, 2.45) is 5.73 Å². The van der Waals surface area contributed by atoms with Gasteiger partial charge in [0.15, 0.2) is 0 Å². The van der Waals surface area contributed by atoms with E-state index < -0.39 is 0 Å². The normalized spacial score (nSPS) is 20.3. The summed E-state index contributed by atoms with van der Waals surface area (Å²) in [5, 5.41) is 0. The van der Waals surface area contributed by atoms with Gasteiger partial charge in [0.25, 0.3) is 0 Å². The summed E-state index contributed by atoms with van der Waals surface area (Å²) in [5.74, 6) is -0.188. The van der Waals surface area contributed by atoms with E-state index in [4.69, 9.17) is 5.73 Å². The lowest BCUT2D eigenvalue weighted by atomic mass is 10.1. The van der Waals surface area contributed by atoms with Crippen LogP contribution in [0.4, 0.5) is 0 Å². The predicted molar refractivity (Wildman–Crippen MR) is 81.3 cm³/mol. The van der Waals surface area contributed by atoms with Gasteiger partial charge in [0, 0.05) is 32.1 Å². The van der Waals surface area contributed by atoms with Gasteiger partial charge in [-0.15, -0.1) is 0 Å². The van der Waals surface area contributed by atoms with E-state index in [1.165, 1.54) is 0 Å². The van der Waals surface area contributed by atoms with Crippen molar-refractivity contribution < 1.29 is 9.59 Å². The van der Waals surface area contributed by atoms with Crippen LogP contribution in [0.2, 0.25) is 0 Å². The molecule has 21 heavy (non-hydrogen) atoms. The molecule has 114 valence electrons. The van der Waals surface area contributed by atoms with E-state index in [9.17, 15) is 9.59 Å². The minimum absolute atomic E-state index is 0.125. The number of nitrogens with two attached hydrogens (primary N) is 1. The molecule has 1 aliphatic rings. The van der Waals surface area contributed by atoms with E-state index in [1.807, 2.05) is 40.1 Å². The topological polar surface area (TPSA) is 66.6 Å². The molecular formula is C16H23N3O2. The van der Waals surface area contributed by atoms with Crippen LogP contribution in [0, 0.1) is 0 Å². The molecule has 2 N–H and O–H groups in total. The first-order valence-electron chi connectivity index (χ1n) is 7.44. The van der Waals surface area contributed by atoms with Gasteiger partial charge in [-0.1, -0.05) is 37.3 Å². The van der Waals surface area contributed by atoms with Gasteiger partial charge in [0.2, 0.25) is 11.8 Å². The maximum atomic E-state index is 12.4. The highest BCUT2D eigenvalue weighted by Crippen LogP contribution is 2.17. The molecule has 0 spiro atoms. The Morgan fingerprint density at radius 2 is 2.05 bits per heavy atom. The van der Waals surface area contributed by atoms with Crippen LogP contribution < -0.4 is 5.73 Å². The molecule has 1 atom stereocenters. The van der Waals surface area contributed by atoms with Crippen molar-refractivity contribution in [1.29, 1.82) is 0 Å². The average Bonchev–Trinajstić information content (AvgIpc) is 2.61. The summed E-state index contributed by atoms with van der Waals surface area (Å²) in [6, 6.07) is 10.1. The SMILES string of the molecule is CCC1CN(CC(N)=O)CCC(=O)N1Cc1ccccc1. The van der Waals surface area contributed by atoms with Crippen LogP contribution in [0.5, 0.6) is 0 Å². The largest absolute Gasteiger partial charge is 0.369 e. The van der Waals surface area contributed by atoms with Crippen LogP contribution in [0.3, 0.4) is 0 Å². The third-order valence-electron chi connectivity index (χ3n) is 3.92. The Kier molecular flexibility index (Phi) is 5.33. The zero-order valence-electron chi connectivity index (χ0n) is 12.5. The molecular weight excluding hydrogens is 266 g/mol. The van der Waals surface area contributed by atoms with Crippen molar-refractivity contribution in [2.45, 2.75) is 32.4 Å². The van der Waals surface area contributed by atoms with Crippen molar-refractivity contribution in [3.05, 3.63) is 35.9 Å². The van der Waals surface area contributed by atoms with Gasteiger partial charge in [-0.25, -0.2) is 0 Å². The molecule has 0 aliphatic carbocycles. The highest BCUT2D eigenvalue weighted by atomic mass is 16.2. The quantitative estimate of drug-likeness (QED) is 0.879. The Morgan fingerprint density at radius 3 is 2.67 bits per heavy atom. The van der Waals surface area contributed by atoms with E-state index in [0.29, 0.717) is 26.1 Å². The number of carbonyl (C=O) groups is 2. The van der Waals surface area contributed by atoms with Crippen LogP contribution in [0.15, 0.2) is 30.3 Å². The zero-order chi connectivity index (χ0) is 15.2. The molecule has 1 unspecified atom stereocenters. The summed E-state index contributed by atoms with van der Waals surface area (Å²) in [6.45, 7) is 4.23. The molecule has 1 heterocycles. The summed E-state index contributed by atoms with van der Waals surface area (Å²) in [5.41, 5.74) is 6.41. The molecule has 0 saturated carbocycles. The third-order valence-corrected chi connectivity index (χ3v) is 3.92. The minimum atomic E-state index is -0.339. The molecule has 2 amide bonds. The van der Waals surface area contributed by atoms with Gasteiger partial charge in [0.05, 0.1) is 6.54 Å². The van der Waals surface area contributed by atoms with Gasteiger partial charge < -0.3 is 10.6 Å². The Labute approximate surface area is 125 Å². The summed E-state index contributed by atoms with van der Waals surface area (Å²) < 4.78 is 0. The first-order chi connectivity index (χ1) is 10.1. The lowest BCUT2D eigenvalue weighted by molar-refractivity contribution is -0.133. The van der Waals surface area contributed by atoms with Crippen molar-refractivity contribution >= 4 is 11.8 Å². The van der Waals surface area contributed by atoms with Gasteiger partial charge in [-0.3, -0.25) is 14.5 Å². The monoisotopic (exact) mass is 289 g/mol. The summed E-state index contributed by atoms with van der Waals surface area (Å²) >= 11 is 0. The van der Waals surface area contributed by atoms with Gasteiger partial charge in [-0.2, -0.15) is 0 Å². The van der Waals surface area contributed by atoms with Crippen molar-refractivity contribution in [3.8, 4) is 0 Å². The van der Waals surface area contributed by atoms with Crippen LogP contribution in [-0.2, 0) is 16.1 Å². The lowest BCUT2D eigenvalue weighted by Gasteiger charge is -2.31. The second-order valence-electron chi connectivity index (χ2n) is 5.52. The number of benzene rings is 1. The fraction of sp³-hybridized carbons (Fsp3) is 0.500. The van der Waals surface area contributed by atoms with Gasteiger partial charge in [0.1, 0.15) is 0 Å². The van der Waals surface area contributed by atoms with Crippen LogP contribution in [-0.4, -0.2) is 47.3 Å². The maximum Gasteiger partial charge on any atom is 0.231 e. The average molecular weight is 289 g/mol. The number of amides is 2. The molecule has 5 heteroatoms. The number of primary amides is 1. The van der Waals surface area contributed by atoms with Crippen molar-refractivity contribution in [2.75, 3.05) is 19.6 Å². The molecule has 0 radical (unpaired) electrons. The number of carbonyl (C=O) groups excluding carboxylic acids is 2. The maximum absolute atomic E-state index is 12.4. The van der Waals surface area contributed by atoms with E-state index >= 15 is 0 Å². The van der Waals surface area contributed by atoms with E-state index in [1.54, 1.807) is 0 Å². The van der Waals surface area contributed by atoms with Crippen LogP contribution >= 0.6 is 0 Å². The molecule has 5 nitrogen and oxygen atoms in total. The summed E-state index contributed by atoms with van der Waals surface area (Å²) in [6.07, 6.45) is 1.31. The first-order valence-corrected chi connectivity index (χ1v) is 7.44. The molecule has 1 aliphatic heterocycles. The van der Waals surface area contributed by atoms with Crippen LogP contribution in [0.25, 0.3) is 0 Å². The van der Waals surface area contributed by atoms with Gasteiger partial charge >= 0.3 is 0 Å². The van der Waals surface area contributed by atoms with Crippen molar-refractivity contribution in [3.63, 3.8) is 0 Å². The molecule has 0 bridgehead atoms. The molecule has 1 aromatic rings. The number of rotatable bonds is 5. The highest BCUT2D eigenvalue weighted by molar-refractivity contribution is 5.78. The lowest BCUT2D eigenvalue weighted by Crippen LogP contribution is -2.44. The first kappa shape index (κ1) is 15.5. The van der Waals surface area contributed by atoms with E-state index in [-0.39, 0.29) is 24.4 Å². The third kappa shape index (κ3) is 4.29. The molecule has 1 fully saturated rings. The highest BCUT2D eigenvalue weighted by Gasteiger charge is 2.28. The Hall–Kier alpha value is -1.88. The second kappa shape index (κ2) is 7.22. The van der Waals surface area contributed by atoms with Crippen LogP contribution in [0.1, 0.15) is 25.3 Å². The molecule has 1 saturated heterocycles. The number of hydrogen-bond acceptors (Lipinski definition) is 3. The number of nitrogens with zero attached hydrogens (tertiary/aromatic N) is 2. The summed E-state index contributed by atoms with van der Waals surface area (Å²) in [4.78, 5) is 27.4.